The van der Waals surface area contributed by atoms with Crippen molar-refractivity contribution >= 4 is 10.9 Å². The molecule has 2 aromatic rings. The van der Waals surface area contributed by atoms with E-state index in [-0.39, 0.29) is 6.04 Å². The van der Waals surface area contributed by atoms with Gasteiger partial charge in [0.1, 0.15) is 0 Å². The van der Waals surface area contributed by atoms with E-state index >= 15 is 0 Å². The summed E-state index contributed by atoms with van der Waals surface area (Å²) in [5.74, 6) is 0. The molecule has 1 N–H and O–H groups in total. The van der Waals surface area contributed by atoms with Crippen LogP contribution in [0.2, 0.25) is 0 Å². The average Bonchev–Trinajstić information content (AvgIpc) is 2.64. The molecule has 0 aliphatic rings. The maximum atomic E-state index is 8.71. The van der Waals surface area contributed by atoms with Gasteiger partial charge in [0.2, 0.25) is 0 Å². The summed E-state index contributed by atoms with van der Waals surface area (Å²) >= 11 is 0. The Morgan fingerprint density at radius 1 is 1.44 bits per heavy atom. The number of hydrogen-bond donors (Lipinski definition) is 1. The molecule has 3 heteroatoms. The number of aryl methyl sites for hydroxylation is 1. The number of nitrogens with zero attached hydrogens (tertiary/aromatic N) is 2. The van der Waals surface area contributed by atoms with Crippen molar-refractivity contribution in [2.45, 2.75) is 19.5 Å². The molecular weight excluding hydrogens is 198 g/mol. The van der Waals surface area contributed by atoms with Crippen LogP contribution in [0.5, 0.6) is 0 Å². The third-order valence-corrected chi connectivity index (χ3v) is 2.77. The fourth-order valence-corrected chi connectivity index (χ4v) is 1.88. The Labute approximate surface area is 95.3 Å². The molecule has 0 fully saturated rings. The molecular formula is C13H15N3. The number of fused-ring (bicyclic) bond motifs is 1. The van der Waals surface area contributed by atoms with Crippen molar-refractivity contribution in [2.24, 2.45) is 7.05 Å². The van der Waals surface area contributed by atoms with Crippen LogP contribution in [-0.2, 0) is 13.6 Å². The Morgan fingerprint density at radius 3 is 2.94 bits per heavy atom. The second-order valence-electron chi connectivity index (χ2n) is 4.01. The van der Waals surface area contributed by atoms with Crippen molar-refractivity contribution < 1.29 is 0 Å². The van der Waals surface area contributed by atoms with Gasteiger partial charge in [-0.05, 0) is 18.6 Å². The molecule has 3 nitrogen and oxygen atoms in total. The van der Waals surface area contributed by atoms with Gasteiger partial charge in [-0.1, -0.05) is 18.2 Å². The predicted octanol–water partition coefficient (Wildman–Crippen LogP) is 2.18. The number of nitriles is 1. The first-order valence-corrected chi connectivity index (χ1v) is 5.38. The Morgan fingerprint density at radius 2 is 2.19 bits per heavy atom. The fraction of sp³-hybridized carbons (Fsp3) is 0.308. The van der Waals surface area contributed by atoms with Gasteiger partial charge >= 0.3 is 0 Å². The summed E-state index contributed by atoms with van der Waals surface area (Å²) in [6.07, 6.45) is 2.11. The zero-order chi connectivity index (χ0) is 11.5. The zero-order valence-electron chi connectivity index (χ0n) is 9.57. The van der Waals surface area contributed by atoms with Gasteiger partial charge in [0.25, 0.3) is 0 Å². The molecule has 0 bridgehead atoms. The lowest BCUT2D eigenvalue weighted by Gasteiger charge is -2.04. The molecule has 1 aromatic carbocycles. The highest BCUT2D eigenvalue weighted by molar-refractivity contribution is 5.83. The quantitative estimate of drug-likeness (QED) is 0.849. The monoisotopic (exact) mass is 213 g/mol. The topological polar surface area (TPSA) is 40.8 Å². The van der Waals surface area contributed by atoms with E-state index < -0.39 is 0 Å². The highest BCUT2D eigenvalue weighted by Gasteiger charge is 2.06. The molecule has 0 saturated heterocycles. The largest absolute Gasteiger partial charge is 0.350 e. The highest BCUT2D eigenvalue weighted by Crippen LogP contribution is 2.19. The van der Waals surface area contributed by atoms with Crippen molar-refractivity contribution in [1.29, 1.82) is 5.26 Å². The van der Waals surface area contributed by atoms with Crippen LogP contribution >= 0.6 is 0 Å². The van der Waals surface area contributed by atoms with Crippen LogP contribution in [0.1, 0.15) is 12.5 Å². The van der Waals surface area contributed by atoms with Gasteiger partial charge in [0.15, 0.2) is 0 Å². The first-order valence-electron chi connectivity index (χ1n) is 5.38. The van der Waals surface area contributed by atoms with Crippen LogP contribution in [0.15, 0.2) is 30.5 Å². The summed E-state index contributed by atoms with van der Waals surface area (Å²) in [5.41, 5.74) is 2.46. The summed E-state index contributed by atoms with van der Waals surface area (Å²) in [4.78, 5) is 0. The van der Waals surface area contributed by atoms with E-state index in [0.717, 1.165) is 6.54 Å². The van der Waals surface area contributed by atoms with Crippen molar-refractivity contribution in [3.63, 3.8) is 0 Å². The van der Waals surface area contributed by atoms with Gasteiger partial charge in [-0.15, -0.1) is 0 Å². The lowest BCUT2D eigenvalue weighted by Crippen LogP contribution is -2.23. The molecule has 1 unspecified atom stereocenters. The first-order chi connectivity index (χ1) is 7.72. The minimum Gasteiger partial charge on any atom is -0.350 e. The van der Waals surface area contributed by atoms with Crippen molar-refractivity contribution in [2.75, 3.05) is 0 Å². The summed E-state index contributed by atoms with van der Waals surface area (Å²) in [7, 11) is 2.04. The second-order valence-corrected chi connectivity index (χ2v) is 4.01. The van der Waals surface area contributed by atoms with Gasteiger partial charge in [0, 0.05) is 30.7 Å². The van der Waals surface area contributed by atoms with Crippen molar-refractivity contribution in [3.05, 3.63) is 36.0 Å². The second kappa shape index (κ2) is 4.38. The molecule has 1 aromatic heterocycles. The molecule has 16 heavy (non-hydrogen) atoms. The van der Waals surface area contributed by atoms with Crippen LogP contribution in [0.4, 0.5) is 0 Å². The van der Waals surface area contributed by atoms with Crippen LogP contribution in [0, 0.1) is 11.3 Å². The Kier molecular flexibility index (Phi) is 2.93. The van der Waals surface area contributed by atoms with E-state index in [1.807, 2.05) is 26.1 Å². The van der Waals surface area contributed by atoms with Gasteiger partial charge in [-0.2, -0.15) is 5.26 Å². The van der Waals surface area contributed by atoms with E-state index in [0.29, 0.717) is 0 Å². The normalized spacial score (nSPS) is 12.6. The third kappa shape index (κ3) is 1.93. The van der Waals surface area contributed by atoms with Crippen LogP contribution < -0.4 is 5.32 Å². The number of hydrogen-bond acceptors (Lipinski definition) is 2. The SMILES string of the molecule is CC(C#N)NCc1cn(C)c2ccccc12. The molecule has 1 atom stereocenters. The number of para-hydroxylation sites is 1. The van der Waals surface area contributed by atoms with Crippen LogP contribution in [0.3, 0.4) is 0 Å². The molecule has 2 rings (SSSR count). The zero-order valence-corrected chi connectivity index (χ0v) is 9.57. The lowest BCUT2D eigenvalue weighted by atomic mass is 10.1. The summed E-state index contributed by atoms with van der Waals surface area (Å²) in [6.45, 7) is 2.60. The Hall–Kier alpha value is -1.79. The van der Waals surface area contributed by atoms with Crippen molar-refractivity contribution in [3.8, 4) is 6.07 Å². The minimum atomic E-state index is -0.112. The van der Waals surface area contributed by atoms with Crippen molar-refractivity contribution in [1.82, 2.24) is 9.88 Å². The molecule has 1 heterocycles. The number of aromatic nitrogens is 1. The standard InChI is InChI=1S/C13H15N3/c1-10(7-14)15-8-11-9-16(2)13-6-4-3-5-12(11)13/h3-6,9-10,15H,8H2,1-2H3. The first kappa shape index (κ1) is 10.7. The van der Waals surface area contributed by atoms with Crippen LogP contribution in [-0.4, -0.2) is 10.6 Å². The maximum Gasteiger partial charge on any atom is 0.0927 e. The molecule has 0 saturated carbocycles. The molecule has 0 aliphatic carbocycles. The number of rotatable bonds is 3. The van der Waals surface area contributed by atoms with E-state index in [1.54, 1.807) is 0 Å². The van der Waals surface area contributed by atoms with Gasteiger partial charge in [-0.25, -0.2) is 0 Å². The molecule has 0 amide bonds. The van der Waals surface area contributed by atoms with Gasteiger partial charge in [-0.3, -0.25) is 5.32 Å². The summed E-state index contributed by atoms with van der Waals surface area (Å²) in [6, 6.07) is 10.4. The number of nitrogens with one attached hydrogen (secondary N) is 1. The summed E-state index contributed by atoms with van der Waals surface area (Å²) in [5, 5.41) is 13.1. The van der Waals surface area contributed by atoms with E-state index in [2.05, 4.69) is 34.3 Å². The molecule has 0 radical (unpaired) electrons. The Balaban J connectivity index is 2.28. The van der Waals surface area contributed by atoms with Crippen LogP contribution in [0.25, 0.3) is 10.9 Å². The highest BCUT2D eigenvalue weighted by atomic mass is 14.9. The predicted molar refractivity (Wildman–Crippen MR) is 64.8 cm³/mol. The molecule has 82 valence electrons. The molecule has 0 aliphatic heterocycles. The van der Waals surface area contributed by atoms with E-state index in [1.165, 1.54) is 16.5 Å². The van der Waals surface area contributed by atoms with E-state index in [9.17, 15) is 0 Å². The van der Waals surface area contributed by atoms with Gasteiger partial charge in [0.05, 0.1) is 12.1 Å². The fourth-order valence-electron chi connectivity index (χ4n) is 1.88. The Bertz CT molecular complexity index is 534. The smallest absolute Gasteiger partial charge is 0.0927 e. The van der Waals surface area contributed by atoms with Gasteiger partial charge < -0.3 is 4.57 Å². The maximum absolute atomic E-state index is 8.71. The number of benzene rings is 1. The van der Waals surface area contributed by atoms with E-state index in [4.69, 9.17) is 5.26 Å². The average molecular weight is 213 g/mol. The minimum absolute atomic E-state index is 0.112. The molecule has 0 spiro atoms. The third-order valence-electron chi connectivity index (χ3n) is 2.77. The summed E-state index contributed by atoms with van der Waals surface area (Å²) < 4.78 is 2.11. The lowest BCUT2D eigenvalue weighted by molar-refractivity contribution is 0.643.